The number of aliphatic carboxylic acids is 1. The van der Waals surface area contributed by atoms with E-state index in [2.05, 4.69) is 0 Å². The number of hydrogen-bond acceptors (Lipinski definition) is 5. The molecule has 1 amide bonds. The normalized spacial score (nSPS) is 24.5. The Morgan fingerprint density at radius 3 is 2.10 bits per heavy atom. The summed E-state index contributed by atoms with van der Waals surface area (Å²) in [5.74, 6) is -0.950. The first kappa shape index (κ1) is 15.2. The molecule has 20 heavy (non-hydrogen) atoms. The summed E-state index contributed by atoms with van der Waals surface area (Å²) in [5.41, 5.74) is 0. The second kappa shape index (κ2) is 6.09. The quantitative estimate of drug-likeness (QED) is 0.721. The predicted octanol–water partition coefficient (Wildman–Crippen LogP) is -0.960. The molecule has 1 N–H and O–H groups in total. The maximum atomic E-state index is 12.1. The van der Waals surface area contributed by atoms with Crippen molar-refractivity contribution >= 4 is 21.7 Å². The molecule has 0 atom stereocenters. The monoisotopic (exact) mass is 304 g/mol. The van der Waals surface area contributed by atoms with E-state index >= 15 is 0 Å². The Labute approximate surface area is 118 Å². The summed E-state index contributed by atoms with van der Waals surface area (Å²) in [4.78, 5) is 26.5. The topological polar surface area (TPSA) is 95.0 Å². The van der Waals surface area contributed by atoms with Gasteiger partial charge in [0.1, 0.15) is 0 Å². The SMILES string of the molecule is O=C(O)C1CCN(C(=O)CN2CCS(=O)(=O)CC2)CC1. The van der Waals surface area contributed by atoms with Crippen molar-refractivity contribution in [3.05, 3.63) is 0 Å². The number of hydrogen-bond donors (Lipinski definition) is 1. The molecule has 2 saturated heterocycles. The smallest absolute Gasteiger partial charge is 0.306 e. The van der Waals surface area contributed by atoms with E-state index in [1.54, 1.807) is 4.90 Å². The maximum absolute atomic E-state index is 12.1. The third-order valence-electron chi connectivity index (χ3n) is 3.99. The van der Waals surface area contributed by atoms with E-state index in [4.69, 9.17) is 5.11 Å². The third-order valence-corrected chi connectivity index (χ3v) is 5.60. The molecule has 114 valence electrons. The van der Waals surface area contributed by atoms with Crippen molar-refractivity contribution < 1.29 is 23.1 Å². The van der Waals surface area contributed by atoms with Crippen LogP contribution in [0.25, 0.3) is 0 Å². The minimum Gasteiger partial charge on any atom is -0.481 e. The Kier molecular flexibility index (Phi) is 4.64. The summed E-state index contributed by atoms with van der Waals surface area (Å²) in [5, 5.41) is 8.90. The Morgan fingerprint density at radius 1 is 1.05 bits per heavy atom. The molecule has 2 fully saturated rings. The highest BCUT2D eigenvalue weighted by atomic mass is 32.2. The predicted molar refractivity (Wildman–Crippen MR) is 72.0 cm³/mol. The number of piperidine rings is 1. The highest BCUT2D eigenvalue weighted by molar-refractivity contribution is 7.91. The second-order valence-corrected chi connectivity index (χ2v) is 7.72. The largest absolute Gasteiger partial charge is 0.481 e. The van der Waals surface area contributed by atoms with Crippen LogP contribution in [0.15, 0.2) is 0 Å². The van der Waals surface area contributed by atoms with Crippen molar-refractivity contribution in [2.24, 2.45) is 5.92 Å². The molecule has 2 aliphatic rings. The zero-order valence-electron chi connectivity index (χ0n) is 11.3. The fraction of sp³-hybridized carbons (Fsp3) is 0.833. The maximum Gasteiger partial charge on any atom is 0.306 e. The molecule has 8 heteroatoms. The number of nitrogens with zero attached hydrogens (tertiary/aromatic N) is 2. The first-order valence-corrected chi connectivity index (χ1v) is 8.63. The molecule has 0 aromatic heterocycles. The summed E-state index contributed by atoms with van der Waals surface area (Å²) >= 11 is 0. The zero-order chi connectivity index (χ0) is 14.8. The number of carbonyl (C=O) groups is 2. The Balaban J connectivity index is 1.77. The summed E-state index contributed by atoms with van der Waals surface area (Å²) in [7, 11) is -2.92. The van der Waals surface area contributed by atoms with Gasteiger partial charge in [-0.2, -0.15) is 0 Å². The van der Waals surface area contributed by atoms with Gasteiger partial charge >= 0.3 is 5.97 Å². The van der Waals surface area contributed by atoms with E-state index in [0.717, 1.165) is 0 Å². The number of carboxylic acid groups (broad SMARTS) is 1. The molecular weight excluding hydrogens is 284 g/mol. The van der Waals surface area contributed by atoms with E-state index in [-0.39, 0.29) is 29.9 Å². The van der Waals surface area contributed by atoms with Crippen LogP contribution in [0.4, 0.5) is 0 Å². The van der Waals surface area contributed by atoms with Gasteiger partial charge in [-0.05, 0) is 12.8 Å². The number of likely N-dealkylation sites (tertiary alicyclic amines) is 1. The Hall–Kier alpha value is -1.15. The summed E-state index contributed by atoms with van der Waals surface area (Å²) < 4.78 is 22.6. The molecule has 0 saturated carbocycles. The van der Waals surface area contributed by atoms with Gasteiger partial charge in [0.05, 0.1) is 24.0 Å². The molecule has 2 heterocycles. The average Bonchev–Trinajstić information content (AvgIpc) is 2.41. The first-order valence-electron chi connectivity index (χ1n) is 6.81. The van der Waals surface area contributed by atoms with Gasteiger partial charge in [-0.15, -0.1) is 0 Å². The van der Waals surface area contributed by atoms with Crippen LogP contribution in [0.3, 0.4) is 0 Å². The molecular formula is C12H20N2O5S. The average molecular weight is 304 g/mol. The van der Waals surface area contributed by atoms with Gasteiger partial charge in [0.15, 0.2) is 9.84 Å². The van der Waals surface area contributed by atoms with Crippen LogP contribution in [0.1, 0.15) is 12.8 Å². The summed E-state index contributed by atoms with van der Waals surface area (Å²) in [6.45, 7) is 1.98. The molecule has 7 nitrogen and oxygen atoms in total. The van der Waals surface area contributed by atoms with Crippen LogP contribution in [0.2, 0.25) is 0 Å². The lowest BCUT2D eigenvalue weighted by molar-refractivity contribution is -0.145. The van der Waals surface area contributed by atoms with E-state index in [1.165, 1.54) is 0 Å². The van der Waals surface area contributed by atoms with Gasteiger partial charge in [0, 0.05) is 26.2 Å². The summed E-state index contributed by atoms with van der Waals surface area (Å²) in [6, 6.07) is 0. The third kappa shape index (κ3) is 3.92. The number of carbonyl (C=O) groups excluding carboxylic acids is 1. The van der Waals surface area contributed by atoms with Crippen molar-refractivity contribution in [1.82, 2.24) is 9.80 Å². The van der Waals surface area contributed by atoms with Crippen LogP contribution in [0.5, 0.6) is 0 Å². The molecule has 0 aromatic rings. The number of sulfone groups is 1. The Bertz CT molecular complexity index is 468. The molecule has 0 radical (unpaired) electrons. The highest BCUT2D eigenvalue weighted by Crippen LogP contribution is 2.17. The van der Waals surface area contributed by atoms with Crippen molar-refractivity contribution in [1.29, 1.82) is 0 Å². The van der Waals surface area contributed by atoms with Crippen LogP contribution in [-0.2, 0) is 19.4 Å². The molecule has 0 aliphatic carbocycles. The summed E-state index contributed by atoms with van der Waals surface area (Å²) in [6.07, 6.45) is 0.991. The van der Waals surface area contributed by atoms with Gasteiger partial charge in [0.2, 0.25) is 5.91 Å². The highest BCUT2D eigenvalue weighted by Gasteiger charge is 2.29. The van der Waals surface area contributed by atoms with Gasteiger partial charge in [-0.25, -0.2) is 8.42 Å². The van der Waals surface area contributed by atoms with Crippen LogP contribution in [0, 0.1) is 5.92 Å². The minimum atomic E-state index is -2.92. The Morgan fingerprint density at radius 2 is 1.60 bits per heavy atom. The van der Waals surface area contributed by atoms with Crippen LogP contribution >= 0.6 is 0 Å². The van der Waals surface area contributed by atoms with Gasteiger partial charge < -0.3 is 10.0 Å². The number of rotatable bonds is 3. The van der Waals surface area contributed by atoms with E-state index in [1.807, 2.05) is 4.90 Å². The lowest BCUT2D eigenvalue weighted by Gasteiger charge is -2.33. The van der Waals surface area contributed by atoms with E-state index in [0.29, 0.717) is 39.0 Å². The molecule has 0 bridgehead atoms. The lowest BCUT2D eigenvalue weighted by Crippen LogP contribution is -2.48. The zero-order valence-corrected chi connectivity index (χ0v) is 12.1. The van der Waals surface area contributed by atoms with Gasteiger partial charge in [-0.3, -0.25) is 14.5 Å². The second-order valence-electron chi connectivity index (χ2n) is 5.42. The van der Waals surface area contributed by atoms with Gasteiger partial charge in [0.25, 0.3) is 0 Å². The van der Waals surface area contributed by atoms with Crippen molar-refractivity contribution in [3.8, 4) is 0 Å². The molecule has 0 unspecified atom stereocenters. The standard InChI is InChI=1S/C12H20N2O5S/c15-11(9-13-5-7-20(18,19)8-6-13)14-3-1-10(2-4-14)12(16)17/h10H,1-9H2,(H,16,17). The fourth-order valence-electron chi connectivity index (χ4n) is 2.58. The van der Waals surface area contributed by atoms with Crippen LogP contribution < -0.4 is 0 Å². The van der Waals surface area contributed by atoms with Crippen molar-refractivity contribution in [2.75, 3.05) is 44.2 Å². The molecule has 2 aliphatic heterocycles. The molecule has 0 aromatic carbocycles. The van der Waals surface area contributed by atoms with E-state index < -0.39 is 15.8 Å². The van der Waals surface area contributed by atoms with Crippen molar-refractivity contribution in [3.63, 3.8) is 0 Å². The number of amides is 1. The fourth-order valence-corrected chi connectivity index (χ4v) is 3.85. The minimum absolute atomic E-state index is 0.0341. The van der Waals surface area contributed by atoms with E-state index in [9.17, 15) is 18.0 Å². The van der Waals surface area contributed by atoms with Crippen LogP contribution in [-0.4, -0.2) is 79.4 Å². The molecule has 2 rings (SSSR count). The first-order chi connectivity index (χ1) is 9.37. The number of carboxylic acids is 1. The van der Waals surface area contributed by atoms with Gasteiger partial charge in [-0.1, -0.05) is 0 Å². The lowest BCUT2D eigenvalue weighted by atomic mass is 9.97. The molecule has 0 spiro atoms. The van der Waals surface area contributed by atoms with Crippen molar-refractivity contribution in [2.45, 2.75) is 12.8 Å².